The first-order valence-electron chi connectivity index (χ1n) is 39.7. The van der Waals surface area contributed by atoms with Crippen molar-refractivity contribution in [2.24, 2.45) is 0 Å². The molecule has 0 bridgehead atoms. The van der Waals surface area contributed by atoms with E-state index in [4.69, 9.17) is 29.1 Å². The first-order valence-corrected chi connectivity index (χ1v) is 39.7. The van der Waals surface area contributed by atoms with Gasteiger partial charge in [0, 0.05) is 87.7 Å². The summed E-state index contributed by atoms with van der Waals surface area (Å²) in [5.74, 6) is 2.30. The van der Waals surface area contributed by atoms with E-state index in [1.807, 2.05) is 0 Å². The van der Waals surface area contributed by atoms with Crippen LogP contribution in [0.3, 0.4) is 0 Å². The van der Waals surface area contributed by atoms with Crippen LogP contribution < -0.4 is 4.74 Å². The lowest BCUT2D eigenvalue weighted by molar-refractivity contribution is 0.269. The molecule has 0 saturated carbocycles. The molecule has 0 N–H and O–H groups in total. The Morgan fingerprint density at radius 2 is 0.833 bits per heavy atom. The zero-order valence-electron chi connectivity index (χ0n) is 62.7. The highest BCUT2D eigenvalue weighted by molar-refractivity contribution is 6.38. The van der Waals surface area contributed by atoms with Gasteiger partial charge in [0.15, 0.2) is 5.82 Å². The van der Waals surface area contributed by atoms with Gasteiger partial charge in [-0.3, -0.25) is 9.13 Å². The minimum atomic E-state index is -0.570. The fourth-order valence-electron chi connectivity index (χ4n) is 21.1. The predicted octanol–water partition coefficient (Wildman–Crippen LogP) is 27.2. The van der Waals surface area contributed by atoms with Crippen LogP contribution >= 0.6 is 0 Å². The lowest BCUT2D eigenvalue weighted by Gasteiger charge is -2.22. The smallest absolute Gasteiger partial charge is 0.235 e. The highest BCUT2D eigenvalue weighted by Crippen LogP contribution is 2.57. The summed E-state index contributed by atoms with van der Waals surface area (Å²) in [6, 6.07) is 108. The number of allylic oxidation sites excluding steroid dienone is 2. The quantitative estimate of drug-likeness (QED) is 0.160. The Morgan fingerprint density at radius 3 is 1.55 bits per heavy atom. The lowest BCUT2D eigenvalue weighted by Crippen LogP contribution is -2.19. The summed E-state index contributed by atoms with van der Waals surface area (Å²) in [6.07, 6.45) is 8.61. The van der Waals surface area contributed by atoms with Crippen LogP contribution in [0.15, 0.2) is 320 Å². The van der Waals surface area contributed by atoms with Gasteiger partial charge in [0.25, 0.3) is 0 Å². The Hall–Kier alpha value is -14.3. The summed E-state index contributed by atoms with van der Waals surface area (Å²) in [6.45, 7) is 9.30. The largest absolute Gasteiger partial charge is 0.485 e. The second-order valence-electron chi connectivity index (χ2n) is 32.9. The van der Waals surface area contributed by atoms with Crippen LogP contribution in [0.5, 0.6) is 5.75 Å². The van der Waals surface area contributed by atoms with E-state index in [-0.39, 0.29) is 12.0 Å². The molecule has 4 aliphatic rings. The fraction of sp³-hybridized carbons (Fsp3) is 0.0755. The van der Waals surface area contributed by atoms with Gasteiger partial charge in [-0.2, -0.15) is 0 Å². The molecular weight excluding hydrogens is 1390 g/mol. The molecule has 22 aromatic rings. The molecule has 0 fully saturated rings. The molecule has 532 valence electrons. The third-order valence-electron chi connectivity index (χ3n) is 26.3. The number of hydrogen-bond acceptors (Lipinski definition) is 6. The number of rotatable bonds is 5. The molecule has 8 heteroatoms. The maximum atomic E-state index is 6.79. The van der Waals surface area contributed by atoms with E-state index in [1.165, 1.54) is 97.3 Å². The second kappa shape index (κ2) is 22.2. The number of aromatic nitrogens is 6. The van der Waals surface area contributed by atoms with E-state index in [9.17, 15) is 0 Å². The van der Waals surface area contributed by atoms with Crippen LogP contribution in [0.4, 0.5) is 0 Å². The van der Waals surface area contributed by atoms with Gasteiger partial charge in [0.2, 0.25) is 5.95 Å². The van der Waals surface area contributed by atoms with E-state index in [1.54, 1.807) is 0 Å². The van der Waals surface area contributed by atoms with Crippen LogP contribution in [0.2, 0.25) is 0 Å². The number of ether oxygens (including phenoxy) is 1. The lowest BCUT2D eigenvalue weighted by atomic mass is 9.84. The van der Waals surface area contributed by atoms with Gasteiger partial charge in [-0.15, -0.1) is 0 Å². The van der Waals surface area contributed by atoms with E-state index in [0.29, 0.717) is 5.95 Å². The maximum Gasteiger partial charge on any atom is 0.235 e. The number of benzene rings is 17. The average Bonchev–Trinajstić information content (AvgIpc) is 1.48. The van der Waals surface area contributed by atoms with Gasteiger partial charge < -0.3 is 9.15 Å². The zero-order chi connectivity index (χ0) is 74.9. The van der Waals surface area contributed by atoms with Crippen molar-refractivity contribution in [2.45, 2.75) is 50.5 Å². The normalized spacial score (nSPS) is 15.7. The van der Waals surface area contributed by atoms with Crippen molar-refractivity contribution in [3.05, 3.63) is 344 Å². The molecule has 8 nitrogen and oxygen atoms in total. The summed E-state index contributed by atoms with van der Waals surface area (Å²) in [4.78, 5) is 24.1. The van der Waals surface area contributed by atoms with Gasteiger partial charge in [-0.05, 0) is 176 Å². The fourth-order valence-corrected chi connectivity index (χ4v) is 21.1. The van der Waals surface area contributed by atoms with Crippen molar-refractivity contribution in [3.63, 3.8) is 0 Å². The SMILES string of the molecule is CC1(C)c2ccccc2-c2nc(-n3c4cc5ccccc5cc4c4c5c(ccc43)c3ccccc3c3cc(-c4ccc6c(c4)-c4c(-c7cccc8oc9ccccc9c78)nc(-n7c8cc9ccccc9cc8c8c9c%10ccccc%10c%10ccccc%10c9ccc87)nc4C6(C)C)ccc35)c(-c3cccc4c3C3C=CC=CC3O4)nc21. The Kier molecular flexibility index (Phi) is 12.2. The number of nitrogens with zero attached hydrogens (tertiary/aromatic N) is 6. The topological polar surface area (TPSA) is 83.8 Å². The van der Waals surface area contributed by atoms with E-state index < -0.39 is 10.8 Å². The summed E-state index contributed by atoms with van der Waals surface area (Å²) in [5.41, 5.74) is 20.5. The maximum absolute atomic E-state index is 6.79. The van der Waals surface area contributed by atoms with Crippen LogP contribution in [0.1, 0.15) is 61.7 Å². The molecule has 3 aliphatic carbocycles. The Morgan fingerprint density at radius 1 is 0.316 bits per heavy atom. The molecule has 1 aliphatic heterocycles. The third-order valence-corrected chi connectivity index (χ3v) is 26.3. The molecule has 26 rings (SSSR count). The average molecular weight is 1460 g/mol. The minimum Gasteiger partial charge on any atom is -0.485 e. The molecule has 114 heavy (non-hydrogen) atoms. The summed E-state index contributed by atoms with van der Waals surface area (Å²) in [7, 11) is 0. The summed E-state index contributed by atoms with van der Waals surface area (Å²) < 4.78 is 18.4. The first-order chi connectivity index (χ1) is 56.1. The Balaban J connectivity index is 0.715. The number of hydrogen-bond donors (Lipinski definition) is 0. The number of furan rings is 1. The van der Waals surface area contributed by atoms with Gasteiger partial charge in [-0.1, -0.05) is 270 Å². The molecule has 6 heterocycles. The number of fused-ring (bicyclic) bond motifs is 34. The Bertz CT molecular complexity index is 8270. The molecule has 0 spiro atoms. The first kappa shape index (κ1) is 62.4. The molecule has 17 aromatic carbocycles. The molecule has 2 atom stereocenters. The molecule has 5 aromatic heterocycles. The zero-order valence-corrected chi connectivity index (χ0v) is 62.7. The third kappa shape index (κ3) is 8.20. The predicted molar refractivity (Wildman–Crippen MR) is 470 cm³/mol. The summed E-state index contributed by atoms with van der Waals surface area (Å²) in [5, 5.41) is 25.9. The van der Waals surface area contributed by atoms with E-state index in [0.717, 1.165) is 150 Å². The van der Waals surface area contributed by atoms with Crippen LogP contribution in [-0.2, 0) is 10.8 Å². The molecule has 2 unspecified atom stereocenters. The van der Waals surface area contributed by atoms with Crippen molar-refractivity contribution in [1.29, 1.82) is 0 Å². The van der Waals surface area contributed by atoms with Gasteiger partial charge in [0.05, 0.1) is 44.8 Å². The standard InChI is InChI=1S/C106H66N6O2/c1-105(2)82-48-44-62(52-78(82)97-98(75-36-21-41-89-91(75)73-34-16-19-39-87(73)113-89)109-104(110-101(97)105)112-84-50-47-69-65-29-10-9-27-63(65)64-28-13-14-32-68(64)93(69)96(84)80-54-58-24-6-8-26-60(58)56-86(80)112)61-43-45-71-77(51-61)67-31-12-11-30-66(67)70-46-49-83-95(94(70)71)79-53-57-23-5-7-25-59(57)55-85(79)111(83)103-100(76-37-22-42-90-92(76)74-35-17-20-40-88(74)114-90)107-102-99(108-103)72-33-15-18-38-81(72)106(102,3)4/h5-56,74,88H,1-4H3. The van der Waals surface area contributed by atoms with Gasteiger partial charge in [0.1, 0.15) is 28.7 Å². The van der Waals surface area contributed by atoms with Gasteiger partial charge >= 0.3 is 0 Å². The van der Waals surface area contributed by atoms with Crippen molar-refractivity contribution < 1.29 is 9.15 Å². The van der Waals surface area contributed by atoms with Crippen molar-refractivity contribution in [2.75, 3.05) is 0 Å². The highest BCUT2D eigenvalue weighted by Gasteiger charge is 2.44. The summed E-state index contributed by atoms with van der Waals surface area (Å²) >= 11 is 0. The van der Waals surface area contributed by atoms with E-state index >= 15 is 0 Å². The minimum absolute atomic E-state index is 0.0136. The van der Waals surface area contributed by atoms with Crippen LogP contribution in [-0.4, -0.2) is 35.2 Å². The van der Waals surface area contributed by atoms with Crippen LogP contribution in [0.25, 0.3) is 220 Å². The molecular formula is C106H66N6O2. The van der Waals surface area contributed by atoms with Crippen molar-refractivity contribution >= 4 is 152 Å². The molecule has 0 amide bonds. The Labute approximate surface area is 653 Å². The highest BCUT2D eigenvalue weighted by atomic mass is 16.5. The van der Waals surface area contributed by atoms with Gasteiger partial charge in [-0.25, -0.2) is 19.9 Å². The molecule has 0 radical (unpaired) electrons. The molecule has 0 saturated heterocycles. The number of para-hydroxylation sites is 1. The second-order valence-corrected chi connectivity index (χ2v) is 32.9. The van der Waals surface area contributed by atoms with Crippen molar-refractivity contribution in [3.8, 4) is 73.5 Å². The van der Waals surface area contributed by atoms with E-state index in [2.05, 4.69) is 352 Å². The monoisotopic (exact) mass is 1450 g/mol. The van der Waals surface area contributed by atoms with Crippen LogP contribution in [0, 0.1) is 0 Å². The van der Waals surface area contributed by atoms with Crippen molar-refractivity contribution in [1.82, 2.24) is 29.1 Å².